The van der Waals surface area contributed by atoms with E-state index in [-0.39, 0.29) is 19.3 Å². The highest BCUT2D eigenvalue weighted by Gasteiger charge is 2.39. The van der Waals surface area contributed by atoms with Gasteiger partial charge in [-0.3, -0.25) is 5.10 Å². The Balaban J connectivity index is 1.50. The first-order valence-corrected chi connectivity index (χ1v) is 12.3. The summed E-state index contributed by atoms with van der Waals surface area (Å²) in [4.78, 5) is 7.21. The van der Waals surface area contributed by atoms with E-state index in [0.717, 1.165) is 34.8 Å². The molecule has 0 spiro atoms. The van der Waals surface area contributed by atoms with Gasteiger partial charge in [0.1, 0.15) is 11.1 Å². The molecule has 32 heavy (non-hydrogen) atoms. The molecule has 3 aromatic heterocycles. The summed E-state index contributed by atoms with van der Waals surface area (Å²) in [6.07, 6.45) is 2.20. The lowest BCUT2D eigenvalue weighted by atomic mass is 10.1. The summed E-state index contributed by atoms with van der Waals surface area (Å²) in [5, 5.41) is 12.3. The molecule has 6 heterocycles. The first-order valence-electron chi connectivity index (χ1n) is 10.8. The highest BCUT2D eigenvalue weighted by Crippen LogP contribution is 2.33. The Labute approximate surface area is 185 Å². The molecule has 2 saturated heterocycles. The molecule has 3 aliphatic heterocycles. The molecule has 2 fully saturated rings. The van der Waals surface area contributed by atoms with Crippen LogP contribution in [-0.4, -0.2) is 88.5 Å². The Kier molecular flexibility index (Phi) is 4.72. The van der Waals surface area contributed by atoms with Gasteiger partial charge in [-0.2, -0.15) is 19.2 Å². The van der Waals surface area contributed by atoms with Gasteiger partial charge in [0.25, 0.3) is 0 Å². The molecule has 0 radical (unpaired) electrons. The van der Waals surface area contributed by atoms with E-state index in [2.05, 4.69) is 22.0 Å². The van der Waals surface area contributed by atoms with Gasteiger partial charge in [-0.05, 0) is 18.6 Å². The Bertz CT molecular complexity index is 1250. The van der Waals surface area contributed by atoms with Gasteiger partial charge in [0.05, 0.1) is 44.4 Å². The van der Waals surface area contributed by atoms with Gasteiger partial charge in [0.2, 0.25) is 10.0 Å². The summed E-state index contributed by atoms with van der Waals surface area (Å²) < 4.78 is 40.5. The maximum absolute atomic E-state index is 13.2. The van der Waals surface area contributed by atoms with Crippen LogP contribution in [0.3, 0.4) is 0 Å². The number of hydrogen-bond acceptors (Lipinski definition) is 8. The van der Waals surface area contributed by atoms with Crippen molar-refractivity contribution in [3.8, 4) is 5.82 Å². The highest BCUT2D eigenvalue weighted by molar-refractivity contribution is 7.89. The van der Waals surface area contributed by atoms with Gasteiger partial charge in [-0.15, -0.1) is 0 Å². The van der Waals surface area contributed by atoms with Crippen molar-refractivity contribution < 1.29 is 17.9 Å². The summed E-state index contributed by atoms with van der Waals surface area (Å²) in [5.74, 6) is 1.53. The zero-order valence-corrected chi connectivity index (χ0v) is 18.6. The van der Waals surface area contributed by atoms with Crippen molar-refractivity contribution >= 4 is 26.9 Å². The van der Waals surface area contributed by atoms with Gasteiger partial charge < -0.3 is 14.4 Å². The lowest BCUT2D eigenvalue weighted by Crippen LogP contribution is -2.48. The Morgan fingerprint density at radius 1 is 1.19 bits per heavy atom. The molecule has 1 N–H and O–H groups in total. The van der Waals surface area contributed by atoms with E-state index in [0.29, 0.717) is 38.4 Å². The van der Waals surface area contributed by atoms with Crippen molar-refractivity contribution in [2.45, 2.75) is 31.2 Å². The Morgan fingerprint density at radius 2 is 2.06 bits per heavy atom. The van der Waals surface area contributed by atoms with Crippen molar-refractivity contribution in [1.82, 2.24) is 29.3 Å². The molecule has 6 rings (SSSR count). The zero-order valence-electron chi connectivity index (χ0n) is 17.8. The minimum Gasteiger partial charge on any atom is -0.378 e. The molecule has 3 aliphatic rings. The van der Waals surface area contributed by atoms with E-state index in [9.17, 15) is 8.42 Å². The Hall–Kier alpha value is -2.54. The van der Waals surface area contributed by atoms with E-state index >= 15 is 0 Å². The van der Waals surface area contributed by atoms with E-state index in [1.165, 1.54) is 0 Å². The third-order valence-electron chi connectivity index (χ3n) is 6.49. The molecule has 0 aromatic carbocycles. The van der Waals surface area contributed by atoms with Gasteiger partial charge in [0.15, 0.2) is 11.5 Å². The number of morpholine rings is 1. The third kappa shape index (κ3) is 3.12. The third-order valence-corrected chi connectivity index (χ3v) is 8.63. The van der Waals surface area contributed by atoms with E-state index in [1.54, 1.807) is 15.2 Å². The van der Waals surface area contributed by atoms with Crippen LogP contribution in [0.2, 0.25) is 0 Å². The van der Waals surface area contributed by atoms with Crippen LogP contribution in [0, 0.1) is 0 Å². The van der Waals surface area contributed by atoms with Crippen LogP contribution in [0.1, 0.15) is 18.2 Å². The summed E-state index contributed by atoms with van der Waals surface area (Å²) >= 11 is 0. The minimum absolute atomic E-state index is 0.168. The van der Waals surface area contributed by atoms with Crippen LogP contribution in [0.15, 0.2) is 18.3 Å². The number of sulfonamides is 1. The van der Waals surface area contributed by atoms with Crippen LogP contribution in [0.25, 0.3) is 16.9 Å². The van der Waals surface area contributed by atoms with Gasteiger partial charge in [0, 0.05) is 37.5 Å². The second kappa shape index (κ2) is 7.51. The van der Waals surface area contributed by atoms with Crippen molar-refractivity contribution in [3.63, 3.8) is 0 Å². The predicted molar refractivity (Wildman–Crippen MR) is 116 cm³/mol. The normalized spacial score (nSPS) is 22.8. The maximum Gasteiger partial charge on any atom is 0.221 e. The fourth-order valence-electron chi connectivity index (χ4n) is 4.62. The molecule has 0 unspecified atom stereocenters. The van der Waals surface area contributed by atoms with Gasteiger partial charge in [-0.1, -0.05) is 0 Å². The second-order valence-corrected chi connectivity index (χ2v) is 10.8. The lowest BCUT2D eigenvalue weighted by molar-refractivity contribution is 0.0391. The van der Waals surface area contributed by atoms with Crippen molar-refractivity contribution in [2.75, 3.05) is 44.4 Å². The number of aromatic amines is 1. The van der Waals surface area contributed by atoms with E-state index < -0.39 is 15.3 Å². The first kappa shape index (κ1) is 20.1. The number of nitrogens with zero attached hydrogens (tertiary/aromatic N) is 6. The standard InChI is InChI=1S/C20H25N7O4S/c1-13-10-30-7-6-26(13)18-8-14-9-25(32(28,29)15-11-31-12-15)5-3-16-19(14)20(22-18)27(24-16)17-2-4-21-23-17/h2,4,8,13,15H,3,5-7,9-12H2,1H3,(H,21,23)/t13-/m1/s1. The van der Waals surface area contributed by atoms with Gasteiger partial charge in [-0.25, -0.2) is 13.4 Å². The van der Waals surface area contributed by atoms with Crippen molar-refractivity contribution in [1.29, 1.82) is 0 Å². The fourth-order valence-corrected chi connectivity index (χ4v) is 6.24. The van der Waals surface area contributed by atoms with Crippen LogP contribution in [-0.2, 0) is 32.5 Å². The molecule has 11 nitrogen and oxygen atoms in total. The first-order chi connectivity index (χ1) is 15.5. The number of rotatable bonds is 4. The molecule has 12 heteroatoms. The largest absolute Gasteiger partial charge is 0.378 e. The highest BCUT2D eigenvalue weighted by atomic mass is 32.2. The predicted octanol–water partition coefficient (Wildman–Crippen LogP) is 0.455. The van der Waals surface area contributed by atoms with Crippen LogP contribution >= 0.6 is 0 Å². The molecule has 0 amide bonds. The molecular weight excluding hydrogens is 434 g/mol. The van der Waals surface area contributed by atoms with Crippen molar-refractivity contribution in [2.24, 2.45) is 0 Å². The van der Waals surface area contributed by atoms with Crippen LogP contribution < -0.4 is 4.90 Å². The summed E-state index contributed by atoms with van der Waals surface area (Å²) in [5.41, 5.74) is 2.48. The quantitative estimate of drug-likeness (QED) is 0.598. The van der Waals surface area contributed by atoms with Crippen LogP contribution in [0.5, 0.6) is 0 Å². The maximum atomic E-state index is 13.2. The number of aromatic nitrogens is 5. The molecule has 0 bridgehead atoms. The number of nitrogens with one attached hydrogen (secondary N) is 1. The lowest BCUT2D eigenvalue weighted by Gasteiger charge is -2.35. The molecule has 0 aliphatic carbocycles. The SMILES string of the molecule is C[C@@H]1COCCN1c1cc2c3c(nn(-c4ccn[nH]4)c3n1)CCN(S(=O)(=O)C1COC1)C2. The fraction of sp³-hybridized carbons (Fsp3) is 0.550. The average Bonchev–Trinajstić information content (AvgIpc) is 3.33. The molecule has 1 atom stereocenters. The summed E-state index contributed by atoms with van der Waals surface area (Å²) in [6.45, 7) is 5.29. The van der Waals surface area contributed by atoms with E-state index in [4.69, 9.17) is 19.6 Å². The number of pyridine rings is 1. The molecule has 170 valence electrons. The monoisotopic (exact) mass is 459 g/mol. The van der Waals surface area contributed by atoms with Gasteiger partial charge >= 0.3 is 0 Å². The van der Waals surface area contributed by atoms with Crippen LogP contribution in [0.4, 0.5) is 5.82 Å². The number of H-pyrrole nitrogens is 1. The zero-order chi connectivity index (χ0) is 21.9. The minimum atomic E-state index is -3.44. The topological polar surface area (TPSA) is 118 Å². The number of hydrogen-bond donors (Lipinski definition) is 1. The average molecular weight is 460 g/mol. The molecule has 0 saturated carbocycles. The Morgan fingerprint density at radius 3 is 2.78 bits per heavy atom. The summed E-state index contributed by atoms with van der Waals surface area (Å²) in [6, 6.07) is 4.04. The van der Waals surface area contributed by atoms with Crippen molar-refractivity contribution in [3.05, 3.63) is 29.6 Å². The molecule has 3 aromatic rings. The number of ether oxygens (including phenoxy) is 2. The molecular formula is C20H25N7O4S. The van der Waals surface area contributed by atoms with E-state index in [1.807, 2.05) is 12.1 Å². The smallest absolute Gasteiger partial charge is 0.221 e. The number of anilines is 1. The second-order valence-electron chi connectivity index (χ2n) is 8.54. The summed E-state index contributed by atoms with van der Waals surface area (Å²) in [7, 11) is -3.44.